The Labute approximate surface area is 139 Å². The van der Waals surface area contributed by atoms with Gasteiger partial charge in [-0.25, -0.2) is 4.68 Å². The third-order valence-corrected chi connectivity index (χ3v) is 4.98. The second-order valence-electron chi connectivity index (χ2n) is 6.35. The summed E-state index contributed by atoms with van der Waals surface area (Å²) in [5.74, 6) is 0.501. The summed E-state index contributed by atoms with van der Waals surface area (Å²) in [6.45, 7) is 4.49. The van der Waals surface area contributed by atoms with Gasteiger partial charge in [0.2, 0.25) is 5.91 Å². The normalized spacial score (nSPS) is 15.6. The Morgan fingerprint density at radius 1 is 1.39 bits per heavy atom. The van der Waals surface area contributed by atoms with Crippen LogP contribution in [0.3, 0.4) is 0 Å². The number of carbonyl (C=O) groups is 1. The highest BCUT2D eigenvalue weighted by Gasteiger charge is 2.31. The van der Waals surface area contributed by atoms with E-state index in [9.17, 15) is 9.59 Å². The van der Waals surface area contributed by atoms with E-state index in [1.54, 1.807) is 23.5 Å². The van der Waals surface area contributed by atoms with Gasteiger partial charge < -0.3 is 5.32 Å². The first kappa shape index (κ1) is 15.9. The summed E-state index contributed by atoms with van der Waals surface area (Å²) in [4.78, 5) is 25.2. The van der Waals surface area contributed by atoms with E-state index in [1.807, 2.05) is 31.4 Å². The third-order valence-electron chi connectivity index (χ3n) is 4.09. The molecule has 1 aliphatic carbocycles. The number of nitrogens with zero attached hydrogens (tertiary/aromatic N) is 2. The molecule has 0 bridgehead atoms. The summed E-state index contributed by atoms with van der Waals surface area (Å²) in [5.41, 5.74) is 0.646. The summed E-state index contributed by atoms with van der Waals surface area (Å²) >= 11 is 1.59. The van der Waals surface area contributed by atoms with Crippen molar-refractivity contribution in [2.45, 2.75) is 39.3 Å². The van der Waals surface area contributed by atoms with Crippen LogP contribution in [0, 0.1) is 11.8 Å². The Morgan fingerprint density at radius 3 is 2.78 bits per heavy atom. The molecule has 2 heterocycles. The molecule has 1 fully saturated rings. The topological polar surface area (TPSA) is 64.0 Å². The van der Waals surface area contributed by atoms with Crippen LogP contribution in [0.25, 0.3) is 10.6 Å². The van der Waals surface area contributed by atoms with Crippen LogP contribution in [-0.4, -0.2) is 21.7 Å². The zero-order chi connectivity index (χ0) is 16.4. The molecule has 0 spiro atoms. The zero-order valence-corrected chi connectivity index (χ0v) is 14.2. The molecule has 6 heteroatoms. The van der Waals surface area contributed by atoms with Gasteiger partial charge in [0, 0.05) is 12.0 Å². The predicted molar refractivity (Wildman–Crippen MR) is 91.3 cm³/mol. The van der Waals surface area contributed by atoms with E-state index in [-0.39, 0.29) is 29.3 Å². The zero-order valence-electron chi connectivity index (χ0n) is 13.4. The van der Waals surface area contributed by atoms with E-state index < -0.39 is 0 Å². The number of rotatable bonds is 6. The first-order chi connectivity index (χ1) is 11.0. The van der Waals surface area contributed by atoms with Gasteiger partial charge in [-0.1, -0.05) is 19.9 Å². The van der Waals surface area contributed by atoms with E-state index in [1.165, 1.54) is 4.68 Å². The van der Waals surface area contributed by atoms with Crippen LogP contribution >= 0.6 is 11.3 Å². The van der Waals surface area contributed by atoms with Crippen molar-refractivity contribution in [3.05, 3.63) is 40.0 Å². The molecule has 0 saturated heterocycles. The van der Waals surface area contributed by atoms with Crippen molar-refractivity contribution in [3.63, 3.8) is 0 Å². The fourth-order valence-electron chi connectivity index (χ4n) is 2.39. The fraction of sp³-hybridized carbons (Fsp3) is 0.471. The number of amides is 1. The maximum absolute atomic E-state index is 12.1. The second kappa shape index (κ2) is 6.66. The van der Waals surface area contributed by atoms with Crippen molar-refractivity contribution in [2.24, 2.45) is 11.8 Å². The van der Waals surface area contributed by atoms with E-state index in [0.29, 0.717) is 6.54 Å². The number of aromatic nitrogens is 2. The van der Waals surface area contributed by atoms with Gasteiger partial charge in [0.1, 0.15) is 5.69 Å². The van der Waals surface area contributed by atoms with Gasteiger partial charge in [-0.15, -0.1) is 11.3 Å². The summed E-state index contributed by atoms with van der Waals surface area (Å²) in [6, 6.07) is 7.15. The summed E-state index contributed by atoms with van der Waals surface area (Å²) in [5, 5.41) is 9.53. The molecule has 3 rings (SSSR count). The molecular weight excluding hydrogens is 310 g/mol. The van der Waals surface area contributed by atoms with Gasteiger partial charge in [0.15, 0.2) is 0 Å². The molecule has 2 aromatic heterocycles. The third kappa shape index (κ3) is 3.88. The Bertz CT molecular complexity index is 733. The highest BCUT2D eigenvalue weighted by Crippen LogP contribution is 2.29. The average Bonchev–Trinajstić information content (AvgIpc) is 3.23. The van der Waals surface area contributed by atoms with Crippen LogP contribution in [0.2, 0.25) is 0 Å². The van der Waals surface area contributed by atoms with Crippen LogP contribution in [0.4, 0.5) is 0 Å². The molecule has 2 aromatic rings. The lowest BCUT2D eigenvalue weighted by Gasteiger charge is -2.23. The van der Waals surface area contributed by atoms with Crippen molar-refractivity contribution >= 4 is 17.2 Å². The van der Waals surface area contributed by atoms with Gasteiger partial charge in [-0.05, 0) is 36.3 Å². The molecule has 1 aliphatic rings. The van der Waals surface area contributed by atoms with Crippen molar-refractivity contribution in [2.75, 3.05) is 0 Å². The first-order valence-corrected chi connectivity index (χ1v) is 8.85. The highest BCUT2D eigenvalue weighted by molar-refractivity contribution is 7.13. The van der Waals surface area contributed by atoms with Crippen molar-refractivity contribution in [3.8, 4) is 10.6 Å². The Kier molecular flexibility index (Phi) is 4.61. The Hall–Kier alpha value is -1.95. The fourth-order valence-corrected chi connectivity index (χ4v) is 3.08. The van der Waals surface area contributed by atoms with Gasteiger partial charge in [0.25, 0.3) is 5.56 Å². The van der Waals surface area contributed by atoms with Gasteiger partial charge >= 0.3 is 0 Å². The van der Waals surface area contributed by atoms with E-state index in [2.05, 4.69) is 10.4 Å². The number of thiophene rings is 1. The number of hydrogen-bond donors (Lipinski definition) is 1. The smallest absolute Gasteiger partial charge is 0.266 e. The highest BCUT2D eigenvalue weighted by atomic mass is 32.1. The summed E-state index contributed by atoms with van der Waals surface area (Å²) in [7, 11) is 0. The van der Waals surface area contributed by atoms with Crippen LogP contribution in [-0.2, 0) is 11.3 Å². The Balaban J connectivity index is 1.80. The van der Waals surface area contributed by atoms with E-state index >= 15 is 0 Å². The monoisotopic (exact) mass is 331 g/mol. The lowest BCUT2D eigenvalue weighted by Crippen LogP contribution is -2.44. The quantitative estimate of drug-likeness (QED) is 0.884. The molecule has 1 N–H and O–H groups in total. The number of carbonyl (C=O) groups excluding carboxylic acids is 1. The minimum absolute atomic E-state index is 0.0908. The molecule has 23 heavy (non-hydrogen) atoms. The van der Waals surface area contributed by atoms with Gasteiger partial charge in [-0.2, -0.15) is 5.10 Å². The van der Waals surface area contributed by atoms with E-state index in [4.69, 9.17) is 0 Å². The van der Waals surface area contributed by atoms with Crippen LogP contribution < -0.4 is 10.9 Å². The van der Waals surface area contributed by atoms with E-state index in [0.717, 1.165) is 23.4 Å². The van der Waals surface area contributed by atoms with Gasteiger partial charge in [-0.3, -0.25) is 9.59 Å². The van der Waals surface area contributed by atoms with Crippen LogP contribution in [0.5, 0.6) is 0 Å². The minimum atomic E-state index is -0.142. The standard InChI is InChI=1S/C17H21N3O2S/c1-11(2)14(18-17(22)12-5-6-12)10-20-16(21)8-7-13(19-20)15-4-3-9-23-15/h3-4,7-9,11-12,14H,5-6,10H2,1-2H3,(H,18,22)/t14-/m1/s1. The Morgan fingerprint density at radius 2 is 2.17 bits per heavy atom. The second-order valence-corrected chi connectivity index (χ2v) is 7.30. The molecule has 0 aromatic carbocycles. The molecule has 1 amide bonds. The molecule has 1 atom stereocenters. The summed E-state index contributed by atoms with van der Waals surface area (Å²) in [6.07, 6.45) is 1.95. The van der Waals surface area contributed by atoms with Crippen molar-refractivity contribution < 1.29 is 4.79 Å². The number of nitrogens with one attached hydrogen (secondary N) is 1. The molecule has 0 unspecified atom stereocenters. The minimum Gasteiger partial charge on any atom is -0.351 e. The summed E-state index contributed by atoms with van der Waals surface area (Å²) < 4.78 is 1.47. The lowest BCUT2D eigenvalue weighted by atomic mass is 10.0. The molecule has 0 aliphatic heterocycles. The van der Waals surface area contributed by atoms with Crippen molar-refractivity contribution in [1.29, 1.82) is 0 Å². The first-order valence-electron chi connectivity index (χ1n) is 7.97. The van der Waals surface area contributed by atoms with Crippen molar-refractivity contribution in [1.82, 2.24) is 15.1 Å². The molecule has 0 radical (unpaired) electrons. The lowest BCUT2D eigenvalue weighted by molar-refractivity contribution is -0.123. The largest absolute Gasteiger partial charge is 0.351 e. The van der Waals surface area contributed by atoms with Crippen LogP contribution in [0.15, 0.2) is 34.4 Å². The number of hydrogen-bond acceptors (Lipinski definition) is 4. The molecular formula is C17H21N3O2S. The molecule has 122 valence electrons. The maximum atomic E-state index is 12.1. The predicted octanol–water partition coefficient (Wildman–Crippen LogP) is 2.52. The maximum Gasteiger partial charge on any atom is 0.266 e. The SMILES string of the molecule is CC(C)[C@@H](Cn1nc(-c2cccs2)ccc1=O)NC(=O)C1CC1. The molecule has 1 saturated carbocycles. The van der Waals surface area contributed by atoms with Gasteiger partial charge in [0.05, 0.1) is 17.5 Å². The van der Waals surface area contributed by atoms with Crippen LogP contribution in [0.1, 0.15) is 26.7 Å². The molecule has 5 nitrogen and oxygen atoms in total. The average molecular weight is 331 g/mol.